The van der Waals surface area contributed by atoms with E-state index in [9.17, 15) is 0 Å². The Bertz CT molecular complexity index is 114. The van der Waals surface area contributed by atoms with Gasteiger partial charge in [-0.1, -0.05) is 18.9 Å². The number of rotatable bonds is 4. The Morgan fingerprint density at radius 2 is 2.18 bits per heavy atom. The third-order valence-electron chi connectivity index (χ3n) is 2.69. The molecule has 64 valence electrons. The second-order valence-corrected chi connectivity index (χ2v) is 3.53. The molecule has 0 saturated heterocycles. The topological polar surface area (TPSA) is 12.0 Å². The van der Waals surface area contributed by atoms with E-state index in [2.05, 4.69) is 18.8 Å². The van der Waals surface area contributed by atoms with Crippen LogP contribution in [0.15, 0.2) is 12.7 Å². The molecule has 11 heavy (non-hydrogen) atoms. The van der Waals surface area contributed by atoms with Crippen LogP contribution in [0.2, 0.25) is 0 Å². The predicted octanol–water partition coefficient (Wildman–Crippen LogP) is 2.34. The molecule has 0 aliphatic heterocycles. The van der Waals surface area contributed by atoms with Gasteiger partial charge in [0.2, 0.25) is 0 Å². The molecule has 0 aromatic rings. The van der Waals surface area contributed by atoms with Crippen molar-refractivity contribution >= 4 is 0 Å². The Hall–Kier alpha value is -0.300. The van der Waals surface area contributed by atoms with Crippen LogP contribution in [0.5, 0.6) is 0 Å². The zero-order chi connectivity index (χ0) is 8.10. The van der Waals surface area contributed by atoms with E-state index in [0.29, 0.717) is 6.04 Å². The van der Waals surface area contributed by atoms with Crippen LogP contribution in [0.3, 0.4) is 0 Å². The summed E-state index contributed by atoms with van der Waals surface area (Å²) in [7, 11) is 0. The predicted molar refractivity (Wildman–Crippen MR) is 49.6 cm³/mol. The van der Waals surface area contributed by atoms with Crippen molar-refractivity contribution in [1.82, 2.24) is 5.32 Å². The minimum absolute atomic E-state index is 0.690. The minimum atomic E-state index is 0.690. The lowest BCUT2D eigenvalue weighted by Gasteiger charge is -2.19. The van der Waals surface area contributed by atoms with Crippen molar-refractivity contribution in [1.29, 1.82) is 0 Å². The summed E-state index contributed by atoms with van der Waals surface area (Å²) in [4.78, 5) is 0. The fourth-order valence-corrected chi connectivity index (χ4v) is 1.89. The zero-order valence-corrected chi connectivity index (χ0v) is 7.47. The Morgan fingerprint density at radius 3 is 2.73 bits per heavy atom. The van der Waals surface area contributed by atoms with Crippen molar-refractivity contribution in [3.8, 4) is 0 Å². The average Bonchev–Trinajstić information content (AvgIpc) is 2.52. The first-order chi connectivity index (χ1) is 5.34. The van der Waals surface area contributed by atoms with Crippen LogP contribution in [0.4, 0.5) is 0 Å². The highest BCUT2D eigenvalue weighted by atomic mass is 14.9. The molecule has 0 radical (unpaired) electrons. The van der Waals surface area contributed by atoms with Crippen molar-refractivity contribution in [2.24, 2.45) is 5.92 Å². The zero-order valence-electron chi connectivity index (χ0n) is 7.47. The highest BCUT2D eigenvalue weighted by Gasteiger charge is 2.20. The standard InChI is InChI=1S/C10H19N/c1-3-8-11-9(2)10-6-4-5-7-10/h3,9-11H,1,4-8H2,2H3. The van der Waals surface area contributed by atoms with Gasteiger partial charge in [0.15, 0.2) is 0 Å². The lowest BCUT2D eigenvalue weighted by atomic mass is 10.00. The summed E-state index contributed by atoms with van der Waals surface area (Å²) in [6.07, 6.45) is 7.65. The molecule has 0 amide bonds. The van der Waals surface area contributed by atoms with E-state index < -0.39 is 0 Å². The van der Waals surface area contributed by atoms with Crippen LogP contribution < -0.4 is 5.32 Å². The largest absolute Gasteiger partial charge is 0.311 e. The lowest BCUT2D eigenvalue weighted by molar-refractivity contribution is 0.394. The Balaban J connectivity index is 2.16. The van der Waals surface area contributed by atoms with E-state index in [1.165, 1.54) is 25.7 Å². The van der Waals surface area contributed by atoms with Crippen LogP contribution in [-0.2, 0) is 0 Å². The summed E-state index contributed by atoms with van der Waals surface area (Å²) in [5, 5.41) is 3.46. The van der Waals surface area contributed by atoms with Gasteiger partial charge < -0.3 is 5.32 Å². The molecule has 1 fully saturated rings. The molecule has 1 heteroatoms. The first kappa shape index (κ1) is 8.79. The normalized spacial score (nSPS) is 21.9. The Labute approximate surface area is 69.9 Å². The highest BCUT2D eigenvalue weighted by Crippen LogP contribution is 2.27. The van der Waals surface area contributed by atoms with Gasteiger partial charge in [0.25, 0.3) is 0 Å². The van der Waals surface area contributed by atoms with Gasteiger partial charge in [-0.25, -0.2) is 0 Å². The second kappa shape index (κ2) is 4.55. The molecular weight excluding hydrogens is 134 g/mol. The molecule has 1 saturated carbocycles. The summed E-state index contributed by atoms with van der Waals surface area (Å²) in [5.41, 5.74) is 0. The third-order valence-corrected chi connectivity index (χ3v) is 2.69. The van der Waals surface area contributed by atoms with Crippen LogP contribution in [0.1, 0.15) is 32.6 Å². The van der Waals surface area contributed by atoms with Gasteiger partial charge in [0.05, 0.1) is 0 Å². The van der Waals surface area contributed by atoms with Gasteiger partial charge in [-0.3, -0.25) is 0 Å². The number of hydrogen-bond donors (Lipinski definition) is 1. The van der Waals surface area contributed by atoms with Gasteiger partial charge in [-0.15, -0.1) is 6.58 Å². The summed E-state index contributed by atoms with van der Waals surface area (Å²) in [6, 6.07) is 0.690. The number of nitrogens with one attached hydrogen (secondary N) is 1. The molecular formula is C10H19N. The van der Waals surface area contributed by atoms with E-state index in [0.717, 1.165) is 12.5 Å². The maximum atomic E-state index is 3.70. The van der Waals surface area contributed by atoms with Gasteiger partial charge in [0.1, 0.15) is 0 Å². The molecule has 1 aliphatic carbocycles. The summed E-state index contributed by atoms with van der Waals surface area (Å²) >= 11 is 0. The first-order valence-corrected chi connectivity index (χ1v) is 4.69. The van der Waals surface area contributed by atoms with Gasteiger partial charge in [-0.05, 0) is 25.7 Å². The van der Waals surface area contributed by atoms with E-state index in [4.69, 9.17) is 0 Å². The molecule has 1 N–H and O–H groups in total. The highest BCUT2D eigenvalue weighted by molar-refractivity contribution is 4.80. The van der Waals surface area contributed by atoms with Gasteiger partial charge in [0, 0.05) is 12.6 Å². The molecule has 0 bridgehead atoms. The molecule has 1 nitrogen and oxygen atoms in total. The minimum Gasteiger partial charge on any atom is -0.311 e. The molecule has 0 aromatic heterocycles. The summed E-state index contributed by atoms with van der Waals surface area (Å²) < 4.78 is 0. The van der Waals surface area contributed by atoms with E-state index in [1.54, 1.807) is 0 Å². The average molecular weight is 153 g/mol. The summed E-state index contributed by atoms with van der Waals surface area (Å²) in [5.74, 6) is 0.926. The number of hydrogen-bond acceptors (Lipinski definition) is 1. The maximum Gasteiger partial charge on any atom is 0.0134 e. The van der Waals surface area contributed by atoms with Crippen molar-refractivity contribution in [3.63, 3.8) is 0 Å². The lowest BCUT2D eigenvalue weighted by Crippen LogP contribution is -2.32. The fraction of sp³-hybridized carbons (Fsp3) is 0.800. The van der Waals surface area contributed by atoms with Gasteiger partial charge in [-0.2, -0.15) is 0 Å². The van der Waals surface area contributed by atoms with E-state index in [-0.39, 0.29) is 0 Å². The second-order valence-electron chi connectivity index (χ2n) is 3.53. The van der Waals surface area contributed by atoms with Crippen molar-refractivity contribution in [2.45, 2.75) is 38.6 Å². The fourth-order valence-electron chi connectivity index (χ4n) is 1.89. The molecule has 0 heterocycles. The molecule has 1 rings (SSSR count). The summed E-state index contributed by atoms with van der Waals surface area (Å²) in [6.45, 7) is 6.94. The molecule has 0 spiro atoms. The van der Waals surface area contributed by atoms with Crippen LogP contribution in [0.25, 0.3) is 0 Å². The maximum absolute atomic E-state index is 3.70. The van der Waals surface area contributed by atoms with E-state index in [1.807, 2.05) is 6.08 Å². The third kappa shape index (κ3) is 2.66. The molecule has 1 aliphatic rings. The van der Waals surface area contributed by atoms with E-state index >= 15 is 0 Å². The Morgan fingerprint density at radius 1 is 1.55 bits per heavy atom. The monoisotopic (exact) mass is 153 g/mol. The van der Waals surface area contributed by atoms with Crippen LogP contribution in [-0.4, -0.2) is 12.6 Å². The molecule has 0 aromatic carbocycles. The van der Waals surface area contributed by atoms with Crippen molar-refractivity contribution in [2.75, 3.05) is 6.54 Å². The molecule has 1 unspecified atom stereocenters. The smallest absolute Gasteiger partial charge is 0.0134 e. The van der Waals surface area contributed by atoms with Crippen LogP contribution in [0, 0.1) is 5.92 Å². The van der Waals surface area contributed by atoms with Crippen molar-refractivity contribution in [3.05, 3.63) is 12.7 Å². The quantitative estimate of drug-likeness (QED) is 0.611. The SMILES string of the molecule is C=CCNC(C)C1CCCC1. The van der Waals surface area contributed by atoms with Gasteiger partial charge >= 0.3 is 0 Å². The first-order valence-electron chi connectivity index (χ1n) is 4.69. The van der Waals surface area contributed by atoms with Crippen molar-refractivity contribution < 1.29 is 0 Å². The van der Waals surface area contributed by atoms with Crippen LogP contribution >= 0.6 is 0 Å². The Kier molecular flexibility index (Phi) is 3.64. The molecule has 1 atom stereocenters.